The van der Waals surface area contributed by atoms with Gasteiger partial charge in [-0.25, -0.2) is 4.98 Å². The number of hydrogen-bond acceptors (Lipinski definition) is 4. The lowest BCUT2D eigenvalue weighted by Gasteiger charge is -2.42. The standard InChI is InChI=1S/C14H21ClN4/c1-9-12(16)13(18-14(15)17-9)19-7-6-10-4-2-3-5-11(10)8-19/h10-11H,2-8,16H2,1H3. The van der Waals surface area contributed by atoms with E-state index in [1.54, 1.807) is 0 Å². The zero-order chi connectivity index (χ0) is 13.4. The Morgan fingerprint density at radius 3 is 2.68 bits per heavy atom. The van der Waals surface area contributed by atoms with Crippen LogP contribution in [0.25, 0.3) is 0 Å². The van der Waals surface area contributed by atoms with Crippen LogP contribution in [0.1, 0.15) is 37.8 Å². The summed E-state index contributed by atoms with van der Waals surface area (Å²) in [5, 5.41) is 0.299. The minimum absolute atomic E-state index is 0.299. The molecule has 1 aromatic heterocycles. The number of aromatic nitrogens is 2. The van der Waals surface area contributed by atoms with E-state index in [-0.39, 0.29) is 0 Å². The van der Waals surface area contributed by atoms with Gasteiger partial charge in [0.25, 0.3) is 0 Å². The summed E-state index contributed by atoms with van der Waals surface area (Å²) in [5.41, 5.74) is 7.58. The first-order valence-electron chi connectivity index (χ1n) is 7.19. The summed E-state index contributed by atoms with van der Waals surface area (Å²) in [5.74, 6) is 2.54. The van der Waals surface area contributed by atoms with E-state index in [1.165, 1.54) is 32.1 Å². The van der Waals surface area contributed by atoms with E-state index in [2.05, 4.69) is 14.9 Å². The molecule has 1 saturated carbocycles. The first-order chi connectivity index (χ1) is 9.15. The van der Waals surface area contributed by atoms with Crippen LogP contribution in [0.2, 0.25) is 5.28 Å². The topological polar surface area (TPSA) is 55.0 Å². The first kappa shape index (κ1) is 13.0. The van der Waals surface area contributed by atoms with E-state index in [4.69, 9.17) is 17.3 Å². The van der Waals surface area contributed by atoms with Crippen LogP contribution in [0.3, 0.4) is 0 Å². The zero-order valence-electron chi connectivity index (χ0n) is 11.4. The first-order valence-corrected chi connectivity index (χ1v) is 7.57. The number of nitrogen functional groups attached to an aromatic ring is 1. The number of fused-ring (bicyclic) bond motifs is 1. The zero-order valence-corrected chi connectivity index (χ0v) is 12.2. The Kier molecular flexibility index (Phi) is 3.52. The highest BCUT2D eigenvalue weighted by atomic mass is 35.5. The fourth-order valence-electron chi connectivity index (χ4n) is 3.57. The minimum atomic E-state index is 0.299. The van der Waals surface area contributed by atoms with Crippen molar-refractivity contribution in [2.75, 3.05) is 23.7 Å². The second kappa shape index (κ2) is 5.16. The van der Waals surface area contributed by atoms with Crippen molar-refractivity contribution in [3.63, 3.8) is 0 Å². The summed E-state index contributed by atoms with van der Waals surface area (Å²) in [6.45, 7) is 4.00. The summed E-state index contributed by atoms with van der Waals surface area (Å²) in [7, 11) is 0. The predicted molar refractivity (Wildman–Crippen MR) is 78.5 cm³/mol. The lowest BCUT2D eigenvalue weighted by atomic mass is 9.75. The number of rotatable bonds is 1. The monoisotopic (exact) mass is 280 g/mol. The van der Waals surface area contributed by atoms with Crippen LogP contribution in [0.15, 0.2) is 0 Å². The van der Waals surface area contributed by atoms with Crippen LogP contribution in [0.5, 0.6) is 0 Å². The molecule has 0 aromatic carbocycles. The molecule has 2 heterocycles. The lowest BCUT2D eigenvalue weighted by molar-refractivity contribution is 0.202. The Balaban J connectivity index is 1.83. The molecule has 2 N–H and O–H groups in total. The third-order valence-corrected chi connectivity index (χ3v) is 4.85. The molecule has 0 spiro atoms. The van der Waals surface area contributed by atoms with E-state index >= 15 is 0 Å². The van der Waals surface area contributed by atoms with Gasteiger partial charge in [-0.2, -0.15) is 4.98 Å². The largest absolute Gasteiger partial charge is 0.394 e. The molecule has 1 saturated heterocycles. The molecule has 5 heteroatoms. The number of nitrogens with two attached hydrogens (primary N) is 1. The van der Waals surface area contributed by atoms with Crippen molar-refractivity contribution < 1.29 is 0 Å². The Morgan fingerprint density at radius 2 is 1.89 bits per heavy atom. The summed E-state index contributed by atoms with van der Waals surface area (Å²) in [4.78, 5) is 10.8. The molecule has 0 amide bonds. The molecule has 1 aromatic rings. The molecule has 4 nitrogen and oxygen atoms in total. The van der Waals surface area contributed by atoms with Gasteiger partial charge in [-0.05, 0) is 43.2 Å². The summed E-state index contributed by atoms with van der Waals surface area (Å²) < 4.78 is 0. The van der Waals surface area contributed by atoms with Gasteiger partial charge in [0, 0.05) is 13.1 Å². The van der Waals surface area contributed by atoms with Gasteiger partial charge in [0.05, 0.1) is 11.4 Å². The highest BCUT2D eigenvalue weighted by Crippen LogP contribution is 2.38. The van der Waals surface area contributed by atoms with E-state index in [0.717, 1.165) is 36.4 Å². The van der Waals surface area contributed by atoms with E-state index in [1.807, 2.05) is 6.92 Å². The van der Waals surface area contributed by atoms with E-state index < -0.39 is 0 Å². The van der Waals surface area contributed by atoms with Gasteiger partial charge in [0.2, 0.25) is 5.28 Å². The molecule has 2 atom stereocenters. The van der Waals surface area contributed by atoms with Crippen molar-refractivity contribution in [3.8, 4) is 0 Å². The van der Waals surface area contributed by atoms with Gasteiger partial charge in [-0.15, -0.1) is 0 Å². The smallest absolute Gasteiger partial charge is 0.224 e. The Bertz CT molecular complexity index is 477. The van der Waals surface area contributed by atoms with Gasteiger partial charge in [0.15, 0.2) is 5.82 Å². The van der Waals surface area contributed by atoms with Crippen LogP contribution in [0.4, 0.5) is 11.5 Å². The van der Waals surface area contributed by atoms with Gasteiger partial charge in [-0.1, -0.05) is 19.3 Å². The highest BCUT2D eigenvalue weighted by Gasteiger charge is 2.32. The van der Waals surface area contributed by atoms with Crippen molar-refractivity contribution in [3.05, 3.63) is 11.0 Å². The maximum absolute atomic E-state index is 6.13. The van der Waals surface area contributed by atoms with Crippen molar-refractivity contribution >= 4 is 23.1 Å². The summed E-state index contributed by atoms with van der Waals surface area (Å²) in [6.07, 6.45) is 6.77. The predicted octanol–water partition coefficient (Wildman–Crippen LogP) is 3.04. The lowest BCUT2D eigenvalue weighted by Crippen LogP contribution is -2.42. The van der Waals surface area contributed by atoms with Crippen molar-refractivity contribution in [2.45, 2.75) is 39.0 Å². The fraction of sp³-hybridized carbons (Fsp3) is 0.714. The molecule has 1 aliphatic heterocycles. The Morgan fingerprint density at radius 1 is 1.16 bits per heavy atom. The Labute approximate surface area is 119 Å². The molecule has 2 unspecified atom stereocenters. The van der Waals surface area contributed by atoms with Gasteiger partial charge in [0.1, 0.15) is 0 Å². The number of nitrogens with zero attached hydrogens (tertiary/aromatic N) is 3. The van der Waals surface area contributed by atoms with E-state index in [9.17, 15) is 0 Å². The van der Waals surface area contributed by atoms with Crippen LogP contribution < -0.4 is 10.6 Å². The molecule has 2 aliphatic rings. The molecule has 0 radical (unpaired) electrons. The number of anilines is 2. The van der Waals surface area contributed by atoms with Crippen molar-refractivity contribution in [2.24, 2.45) is 11.8 Å². The Hall–Kier alpha value is -1.03. The third kappa shape index (κ3) is 2.50. The molecule has 19 heavy (non-hydrogen) atoms. The average molecular weight is 281 g/mol. The average Bonchev–Trinajstić information content (AvgIpc) is 2.42. The molecule has 0 bridgehead atoms. The van der Waals surface area contributed by atoms with Crippen molar-refractivity contribution in [1.82, 2.24) is 9.97 Å². The van der Waals surface area contributed by atoms with Crippen LogP contribution in [-0.4, -0.2) is 23.1 Å². The maximum atomic E-state index is 6.13. The SMILES string of the molecule is Cc1nc(Cl)nc(N2CCC3CCCCC3C2)c1N. The maximum Gasteiger partial charge on any atom is 0.224 e. The number of halogens is 1. The second-order valence-corrected chi connectivity index (χ2v) is 6.19. The highest BCUT2D eigenvalue weighted by molar-refractivity contribution is 6.28. The van der Waals surface area contributed by atoms with Gasteiger partial charge < -0.3 is 10.6 Å². The quantitative estimate of drug-likeness (QED) is 0.804. The normalized spacial score (nSPS) is 27.2. The van der Waals surface area contributed by atoms with Crippen LogP contribution >= 0.6 is 11.6 Å². The van der Waals surface area contributed by atoms with Gasteiger partial charge >= 0.3 is 0 Å². The molecule has 1 aliphatic carbocycles. The molecular weight excluding hydrogens is 260 g/mol. The second-order valence-electron chi connectivity index (χ2n) is 5.85. The summed E-state index contributed by atoms with van der Waals surface area (Å²) in [6, 6.07) is 0. The van der Waals surface area contributed by atoms with Crippen LogP contribution in [0, 0.1) is 18.8 Å². The van der Waals surface area contributed by atoms with E-state index in [0.29, 0.717) is 11.0 Å². The van der Waals surface area contributed by atoms with Crippen LogP contribution in [-0.2, 0) is 0 Å². The number of aryl methyl sites for hydroxylation is 1. The molecule has 2 fully saturated rings. The number of piperidine rings is 1. The molecule has 104 valence electrons. The fourth-order valence-corrected chi connectivity index (χ4v) is 3.77. The minimum Gasteiger partial charge on any atom is -0.394 e. The molecular formula is C14H21ClN4. The van der Waals surface area contributed by atoms with Gasteiger partial charge in [-0.3, -0.25) is 0 Å². The molecule has 3 rings (SSSR count). The number of hydrogen-bond donors (Lipinski definition) is 1. The van der Waals surface area contributed by atoms with Crippen molar-refractivity contribution in [1.29, 1.82) is 0 Å². The third-order valence-electron chi connectivity index (χ3n) is 4.68. The summed E-state index contributed by atoms with van der Waals surface area (Å²) >= 11 is 5.97.